The average Bonchev–Trinajstić information content (AvgIpc) is 2.41. The SMILES string of the molecule is CC1C[C@H](C)OC2=C(O)C=C[C@H](C=C2)C(=O)O1. The Bertz CT molecular complexity index is 406. The number of rotatable bonds is 0. The van der Waals surface area contributed by atoms with Crippen LogP contribution in [0.1, 0.15) is 20.3 Å². The third-order valence-electron chi connectivity index (χ3n) is 2.75. The average molecular weight is 236 g/mol. The minimum absolute atomic E-state index is 0.0398. The van der Waals surface area contributed by atoms with Gasteiger partial charge < -0.3 is 14.6 Å². The number of ether oxygens (including phenoxy) is 2. The van der Waals surface area contributed by atoms with Gasteiger partial charge in [-0.15, -0.1) is 0 Å². The quantitative estimate of drug-likeness (QED) is 0.655. The molecule has 92 valence electrons. The molecule has 4 heteroatoms. The summed E-state index contributed by atoms with van der Waals surface area (Å²) < 4.78 is 10.9. The van der Waals surface area contributed by atoms with Crippen LogP contribution < -0.4 is 0 Å². The maximum absolute atomic E-state index is 11.8. The summed E-state index contributed by atoms with van der Waals surface area (Å²) in [7, 11) is 0. The van der Waals surface area contributed by atoms with Gasteiger partial charge >= 0.3 is 5.97 Å². The zero-order valence-electron chi connectivity index (χ0n) is 9.92. The fourth-order valence-corrected chi connectivity index (χ4v) is 1.93. The van der Waals surface area contributed by atoms with Crippen molar-refractivity contribution >= 4 is 5.97 Å². The van der Waals surface area contributed by atoms with E-state index < -0.39 is 5.92 Å². The molecule has 0 radical (unpaired) electrons. The highest BCUT2D eigenvalue weighted by Gasteiger charge is 2.23. The van der Waals surface area contributed by atoms with Gasteiger partial charge in [-0.3, -0.25) is 4.79 Å². The van der Waals surface area contributed by atoms with Crippen molar-refractivity contribution in [3.8, 4) is 0 Å². The van der Waals surface area contributed by atoms with Crippen molar-refractivity contribution in [2.45, 2.75) is 32.5 Å². The molecule has 3 atom stereocenters. The predicted molar refractivity (Wildman–Crippen MR) is 62.1 cm³/mol. The molecule has 1 aliphatic heterocycles. The van der Waals surface area contributed by atoms with E-state index in [1.165, 1.54) is 6.08 Å². The highest BCUT2D eigenvalue weighted by molar-refractivity contribution is 5.77. The molecule has 1 N–H and O–H groups in total. The molecule has 4 nitrogen and oxygen atoms in total. The number of carbonyl (C=O) groups excluding carboxylic acids is 1. The van der Waals surface area contributed by atoms with Crippen molar-refractivity contribution in [1.29, 1.82) is 0 Å². The first-order valence-electron chi connectivity index (χ1n) is 5.73. The molecule has 1 aliphatic carbocycles. The van der Waals surface area contributed by atoms with E-state index in [0.717, 1.165) is 0 Å². The summed E-state index contributed by atoms with van der Waals surface area (Å²) >= 11 is 0. The van der Waals surface area contributed by atoms with Gasteiger partial charge in [0.15, 0.2) is 11.5 Å². The van der Waals surface area contributed by atoms with Crippen molar-refractivity contribution < 1.29 is 19.4 Å². The first-order valence-corrected chi connectivity index (χ1v) is 5.73. The second-order valence-corrected chi connectivity index (χ2v) is 4.41. The molecule has 0 amide bonds. The van der Waals surface area contributed by atoms with E-state index in [0.29, 0.717) is 12.2 Å². The summed E-state index contributed by atoms with van der Waals surface area (Å²) in [5.41, 5.74) is 0. The number of hydrogen-bond acceptors (Lipinski definition) is 4. The summed E-state index contributed by atoms with van der Waals surface area (Å²) in [5.74, 6) is -0.321. The molecule has 2 bridgehead atoms. The Labute approximate surface area is 100 Å². The van der Waals surface area contributed by atoms with Gasteiger partial charge in [0.1, 0.15) is 6.10 Å². The van der Waals surface area contributed by atoms with Gasteiger partial charge in [0.2, 0.25) is 0 Å². The van der Waals surface area contributed by atoms with Gasteiger partial charge in [-0.05, 0) is 26.0 Å². The number of aliphatic hydroxyl groups excluding tert-OH is 1. The monoisotopic (exact) mass is 236 g/mol. The molecule has 2 aliphatic rings. The lowest BCUT2D eigenvalue weighted by Crippen LogP contribution is -2.25. The Morgan fingerprint density at radius 1 is 1.18 bits per heavy atom. The highest BCUT2D eigenvalue weighted by Crippen LogP contribution is 2.22. The molecule has 0 fully saturated rings. The summed E-state index contributed by atoms with van der Waals surface area (Å²) in [6.45, 7) is 3.72. The van der Waals surface area contributed by atoms with E-state index in [4.69, 9.17) is 9.47 Å². The number of cyclic esters (lactones) is 1. The predicted octanol–water partition coefficient (Wildman–Crippen LogP) is 2.24. The normalized spacial score (nSPS) is 33.1. The smallest absolute Gasteiger partial charge is 0.316 e. The van der Waals surface area contributed by atoms with E-state index in [-0.39, 0.29) is 23.9 Å². The van der Waals surface area contributed by atoms with Crippen molar-refractivity contribution in [2.24, 2.45) is 5.92 Å². The molecule has 17 heavy (non-hydrogen) atoms. The Balaban J connectivity index is 2.34. The zero-order valence-corrected chi connectivity index (χ0v) is 9.92. The largest absolute Gasteiger partial charge is 0.504 e. The van der Waals surface area contributed by atoms with Crippen LogP contribution in [0.25, 0.3) is 0 Å². The van der Waals surface area contributed by atoms with Gasteiger partial charge in [0.25, 0.3) is 0 Å². The summed E-state index contributed by atoms with van der Waals surface area (Å²) in [6.07, 6.45) is 6.65. The molecule has 2 rings (SSSR count). The molecule has 0 aromatic rings. The maximum Gasteiger partial charge on any atom is 0.316 e. The first kappa shape index (κ1) is 11.8. The van der Waals surface area contributed by atoms with E-state index >= 15 is 0 Å². The van der Waals surface area contributed by atoms with Crippen LogP contribution in [0.15, 0.2) is 35.8 Å². The number of allylic oxidation sites excluding steroid dienone is 2. The lowest BCUT2D eigenvalue weighted by molar-refractivity contribution is -0.151. The molecule has 0 aromatic heterocycles. The second-order valence-electron chi connectivity index (χ2n) is 4.41. The Hall–Kier alpha value is -1.71. The van der Waals surface area contributed by atoms with Gasteiger partial charge in [0.05, 0.1) is 12.0 Å². The number of esters is 1. The van der Waals surface area contributed by atoms with Crippen LogP contribution in [-0.2, 0) is 14.3 Å². The minimum Gasteiger partial charge on any atom is -0.504 e. The zero-order chi connectivity index (χ0) is 12.4. The first-order chi connectivity index (χ1) is 8.06. The number of carbonyl (C=O) groups is 1. The van der Waals surface area contributed by atoms with Crippen molar-refractivity contribution in [3.05, 3.63) is 35.8 Å². The highest BCUT2D eigenvalue weighted by atomic mass is 16.5. The van der Waals surface area contributed by atoms with Gasteiger partial charge in [0, 0.05) is 6.42 Å². The van der Waals surface area contributed by atoms with Crippen LogP contribution in [-0.4, -0.2) is 23.3 Å². The van der Waals surface area contributed by atoms with Crippen molar-refractivity contribution in [1.82, 2.24) is 0 Å². The Morgan fingerprint density at radius 3 is 2.59 bits per heavy atom. The third kappa shape index (κ3) is 2.70. The molecule has 0 spiro atoms. The maximum atomic E-state index is 11.8. The number of hydrogen-bond donors (Lipinski definition) is 1. The van der Waals surface area contributed by atoms with E-state index in [1.54, 1.807) is 18.2 Å². The molecule has 1 unspecified atom stereocenters. The third-order valence-corrected chi connectivity index (χ3v) is 2.75. The standard InChI is InChI=1S/C13H16O4/c1-8-7-9(2)17-13(15)10-3-5-11(14)12(16-8)6-4-10/h3-6,8-10,14H,7H2,1-2H3/t8-,9?,10+/m0/s1. The minimum atomic E-state index is -0.464. The van der Waals surface area contributed by atoms with Crippen molar-refractivity contribution in [2.75, 3.05) is 0 Å². The summed E-state index contributed by atoms with van der Waals surface area (Å²) in [4.78, 5) is 11.8. The van der Waals surface area contributed by atoms with Crippen molar-refractivity contribution in [3.63, 3.8) is 0 Å². The lowest BCUT2D eigenvalue weighted by atomic mass is 10.1. The van der Waals surface area contributed by atoms with Gasteiger partial charge in [-0.1, -0.05) is 12.2 Å². The molecule has 0 aromatic carbocycles. The summed E-state index contributed by atoms with van der Waals surface area (Å²) in [5, 5.41) is 9.74. The van der Waals surface area contributed by atoms with E-state index in [9.17, 15) is 9.90 Å². The van der Waals surface area contributed by atoms with E-state index in [1.807, 2.05) is 13.8 Å². The summed E-state index contributed by atoms with van der Waals surface area (Å²) in [6, 6.07) is 0. The topological polar surface area (TPSA) is 55.8 Å². The second kappa shape index (κ2) is 4.65. The van der Waals surface area contributed by atoms with Crippen LogP contribution in [0.3, 0.4) is 0 Å². The molecule has 1 heterocycles. The Kier molecular flexibility index (Phi) is 3.22. The molecule has 0 saturated heterocycles. The van der Waals surface area contributed by atoms with Gasteiger partial charge in [-0.25, -0.2) is 0 Å². The fraction of sp³-hybridized carbons (Fsp3) is 0.462. The molecule has 0 saturated carbocycles. The fourth-order valence-electron chi connectivity index (χ4n) is 1.93. The van der Waals surface area contributed by atoms with Crippen LogP contribution in [0.5, 0.6) is 0 Å². The molecular weight excluding hydrogens is 220 g/mol. The lowest BCUT2D eigenvalue weighted by Gasteiger charge is -2.21. The van der Waals surface area contributed by atoms with Crippen LogP contribution in [0.2, 0.25) is 0 Å². The number of fused-ring (bicyclic) bond motifs is 2. The van der Waals surface area contributed by atoms with E-state index in [2.05, 4.69) is 0 Å². The van der Waals surface area contributed by atoms with Crippen LogP contribution in [0.4, 0.5) is 0 Å². The van der Waals surface area contributed by atoms with Crippen LogP contribution >= 0.6 is 0 Å². The van der Waals surface area contributed by atoms with Crippen LogP contribution in [0, 0.1) is 5.92 Å². The number of aliphatic hydroxyl groups is 1. The van der Waals surface area contributed by atoms with Gasteiger partial charge in [-0.2, -0.15) is 0 Å². The molecular formula is C13H16O4. The Morgan fingerprint density at radius 2 is 1.82 bits per heavy atom.